The first kappa shape index (κ1) is 20.2. The van der Waals surface area contributed by atoms with Gasteiger partial charge in [-0.3, -0.25) is 0 Å². The molecule has 0 aromatic heterocycles. The van der Waals surface area contributed by atoms with Crippen LogP contribution in [0.1, 0.15) is 37.7 Å². The molecule has 1 aliphatic rings. The van der Waals surface area contributed by atoms with Crippen molar-refractivity contribution in [3.05, 3.63) is 60.2 Å². The predicted octanol–water partition coefficient (Wildman–Crippen LogP) is 5.61. The van der Waals surface area contributed by atoms with Gasteiger partial charge in [-0.2, -0.15) is 0 Å². The van der Waals surface area contributed by atoms with Gasteiger partial charge in [-0.15, -0.1) is 11.8 Å². The fraction of sp³-hybridized carbons (Fsp3) is 0.409. The Kier molecular flexibility index (Phi) is 7.56. The van der Waals surface area contributed by atoms with Crippen molar-refractivity contribution in [3.8, 4) is 0 Å². The summed E-state index contributed by atoms with van der Waals surface area (Å²) in [7, 11) is 1.76. The van der Waals surface area contributed by atoms with Crippen molar-refractivity contribution in [3.63, 3.8) is 0 Å². The van der Waals surface area contributed by atoms with E-state index in [-0.39, 0.29) is 5.54 Å². The fourth-order valence-electron chi connectivity index (χ4n) is 3.56. The van der Waals surface area contributed by atoms with Crippen molar-refractivity contribution in [2.75, 3.05) is 19.0 Å². The number of benzene rings is 2. The maximum Gasteiger partial charge on any atom is 0.171 e. The van der Waals surface area contributed by atoms with Crippen LogP contribution in [0.2, 0.25) is 0 Å². The van der Waals surface area contributed by atoms with Gasteiger partial charge in [-0.25, -0.2) is 0 Å². The lowest BCUT2D eigenvalue weighted by Crippen LogP contribution is -2.48. The number of nitrogens with one attached hydrogen (secondary N) is 2. The second-order valence-electron chi connectivity index (χ2n) is 7.11. The summed E-state index contributed by atoms with van der Waals surface area (Å²) in [4.78, 5) is 1.29. The highest BCUT2D eigenvalue weighted by molar-refractivity contribution is 7.98. The topological polar surface area (TPSA) is 33.3 Å². The molecule has 0 atom stereocenters. The molecule has 5 heteroatoms. The van der Waals surface area contributed by atoms with Gasteiger partial charge < -0.3 is 15.4 Å². The van der Waals surface area contributed by atoms with Crippen LogP contribution in [0, 0.1) is 0 Å². The van der Waals surface area contributed by atoms with Crippen LogP contribution in [0.25, 0.3) is 0 Å². The third-order valence-electron chi connectivity index (χ3n) is 5.08. The highest BCUT2D eigenvalue weighted by atomic mass is 32.2. The minimum absolute atomic E-state index is 0.0896. The Hall–Kier alpha value is -1.56. The largest absolute Gasteiger partial charge is 0.385 e. The zero-order valence-corrected chi connectivity index (χ0v) is 17.5. The van der Waals surface area contributed by atoms with Crippen molar-refractivity contribution in [2.45, 2.75) is 48.3 Å². The van der Waals surface area contributed by atoms with E-state index in [9.17, 15) is 0 Å². The van der Waals surface area contributed by atoms with E-state index >= 15 is 0 Å². The quantitative estimate of drug-likeness (QED) is 0.444. The lowest BCUT2D eigenvalue weighted by Gasteiger charge is -2.31. The van der Waals surface area contributed by atoms with Crippen molar-refractivity contribution >= 4 is 34.8 Å². The van der Waals surface area contributed by atoms with Crippen molar-refractivity contribution in [1.82, 2.24) is 5.32 Å². The molecule has 0 saturated heterocycles. The monoisotopic (exact) mass is 400 g/mol. The molecule has 0 bridgehead atoms. The molecule has 3 nitrogen and oxygen atoms in total. The Morgan fingerprint density at radius 3 is 2.44 bits per heavy atom. The zero-order chi connectivity index (χ0) is 19.0. The van der Waals surface area contributed by atoms with Gasteiger partial charge in [0.2, 0.25) is 0 Å². The van der Waals surface area contributed by atoms with E-state index < -0.39 is 0 Å². The second kappa shape index (κ2) is 10.1. The van der Waals surface area contributed by atoms with Crippen LogP contribution >= 0.6 is 24.0 Å². The van der Waals surface area contributed by atoms with Crippen LogP contribution in [0.5, 0.6) is 0 Å². The third-order valence-corrected chi connectivity index (χ3v) is 6.37. The van der Waals surface area contributed by atoms with Crippen LogP contribution in [0.3, 0.4) is 0 Å². The Morgan fingerprint density at radius 1 is 1.07 bits per heavy atom. The number of ether oxygens (including phenoxy) is 1. The van der Waals surface area contributed by atoms with Crippen molar-refractivity contribution in [1.29, 1.82) is 0 Å². The lowest BCUT2D eigenvalue weighted by atomic mass is 9.94. The van der Waals surface area contributed by atoms with Gasteiger partial charge in [0.15, 0.2) is 5.11 Å². The van der Waals surface area contributed by atoms with Gasteiger partial charge in [0, 0.05) is 35.6 Å². The van der Waals surface area contributed by atoms with Gasteiger partial charge in [0.25, 0.3) is 0 Å². The summed E-state index contributed by atoms with van der Waals surface area (Å²) in [6.07, 6.45) is 5.84. The molecular formula is C22H28N2OS2. The van der Waals surface area contributed by atoms with Crippen molar-refractivity contribution in [2.24, 2.45) is 0 Å². The first-order valence-electron chi connectivity index (χ1n) is 9.54. The first-order valence-corrected chi connectivity index (χ1v) is 10.9. The molecule has 0 amide bonds. The van der Waals surface area contributed by atoms with Gasteiger partial charge in [0.1, 0.15) is 0 Å². The van der Waals surface area contributed by atoms with Gasteiger partial charge in [0.05, 0.1) is 0 Å². The molecule has 1 aliphatic carbocycles. The molecule has 0 spiro atoms. The lowest BCUT2D eigenvalue weighted by molar-refractivity contribution is 0.163. The summed E-state index contributed by atoms with van der Waals surface area (Å²) in [6.45, 7) is 0.767. The Bertz CT molecular complexity index is 713. The number of rotatable bonds is 8. The highest BCUT2D eigenvalue weighted by Crippen LogP contribution is 2.32. The van der Waals surface area contributed by atoms with Gasteiger partial charge in [-0.1, -0.05) is 43.2 Å². The number of hydrogen-bond donors (Lipinski definition) is 2. The molecule has 2 N–H and O–H groups in total. The minimum atomic E-state index is 0.0896. The van der Waals surface area contributed by atoms with E-state index in [1.807, 2.05) is 17.8 Å². The third kappa shape index (κ3) is 6.23. The summed E-state index contributed by atoms with van der Waals surface area (Å²) in [6, 6.07) is 19.0. The Balaban J connectivity index is 1.50. The molecule has 1 fully saturated rings. The predicted molar refractivity (Wildman–Crippen MR) is 119 cm³/mol. The number of hydrogen-bond acceptors (Lipinski definition) is 3. The first-order chi connectivity index (χ1) is 13.2. The maximum atomic E-state index is 5.58. The van der Waals surface area contributed by atoms with Gasteiger partial charge in [-0.05, 0) is 61.3 Å². The summed E-state index contributed by atoms with van der Waals surface area (Å²) in [5.74, 6) is 0.965. The molecule has 1 saturated carbocycles. The number of thioether (sulfide) groups is 1. The van der Waals surface area contributed by atoms with Crippen LogP contribution < -0.4 is 10.6 Å². The number of methoxy groups -OCH3 is 1. The molecule has 0 unspecified atom stereocenters. The molecule has 2 aromatic rings. The van der Waals surface area contributed by atoms with E-state index in [1.165, 1.54) is 23.3 Å². The highest BCUT2D eigenvalue weighted by Gasteiger charge is 2.33. The van der Waals surface area contributed by atoms with Crippen molar-refractivity contribution < 1.29 is 4.74 Å². The van der Waals surface area contributed by atoms with E-state index in [4.69, 9.17) is 17.0 Å². The molecule has 27 heavy (non-hydrogen) atoms. The van der Waals surface area contributed by atoms with Crippen LogP contribution in [-0.4, -0.2) is 24.4 Å². The molecular weight excluding hydrogens is 372 g/mol. The summed E-state index contributed by atoms with van der Waals surface area (Å²) in [5, 5.41) is 7.62. The SMILES string of the molecule is COCCC1(NC(=S)Nc2ccc(CSc3ccccc3)cc2)CCCC1. The molecule has 3 rings (SSSR count). The standard InChI is InChI=1S/C22H28N2OS2/c1-25-16-15-22(13-5-6-14-22)24-21(26)23-19-11-9-18(10-12-19)17-27-20-7-3-2-4-8-20/h2-4,7-12H,5-6,13-17H2,1H3,(H2,23,24,26). The average Bonchev–Trinajstić information content (AvgIpc) is 3.15. The van der Waals surface area contributed by atoms with E-state index in [2.05, 4.69) is 59.2 Å². The number of thiocarbonyl (C=S) groups is 1. The summed E-state index contributed by atoms with van der Waals surface area (Å²) in [5.41, 5.74) is 2.42. The normalized spacial score (nSPS) is 15.4. The fourth-order valence-corrected chi connectivity index (χ4v) is 4.77. The Labute approximate surface area is 172 Å². The molecule has 2 aromatic carbocycles. The smallest absolute Gasteiger partial charge is 0.171 e. The molecule has 0 radical (unpaired) electrons. The average molecular weight is 401 g/mol. The maximum absolute atomic E-state index is 5.58. The van der Waals surface area contributed by atoms with E-state index in [1.54, 1.807) is 7.11 Å². The number of anilines is 1. The van der Waals surface area contributed by atoms with E-state index in [0.29, 0.717) is 5.11 Å². The molecule has 0 aliphatic heterocycles. The summed E-state index contributed by atoms with van der Waals surface area (Å²) >= 11 is 7.43. The molecule has 144 valence electrons. The molecule has 0 heterocycles. The van der Waals surface area contributed by atoms with Crippen LogP contribution in [0.15, 0.2) is 59.5 Å². The van der Waals surface area contributed by atoms with Gasteiger partial charge >= 0.3 is 0 Å². The summed E-state index contributed by atoms with van der Waals surface area (Å²) < 4.78 is 5.29. The second-order valence-corrected chi connectivity index (χ2v) is 8.57. The minimum Gasteiger partial charge on any atom is -0.385 e. The van der Waals surface area contributed by atoms with Crippen LogP contribution in [-0.2, 0) is 10.5 Å². The van der Waals surface area contributed by atoms with E-state index in [0.717, 1.165) is 37.3 Å². The zero-order valence-electron chi connectivity index (χ0n) is 15.9. The Morgan fingerprint density at radius 2 is 1.78 bits per heavy atom. The van der Waals surface area contributed by atoms with Crippen LogP contribution in [0.4, 0.5) is 5.69 Å².